The lowest BCUT2D eigenvalue weighted by Gasteiger charge is -2.58. The monoisotopic (exact) mass is 505 g/mol. The SMILES string of the molecule is COC(C1CCCCN1)(C1CCCCN1)C1CCCC(C(OC)(C2CCCCN2)C2CCCCN2)N1. The van der Waals surface area contributed by atoms with Crippen LogP contribution in [0.25, 0.3) is 0 Å². The van der Waals surface area contributed by atoms with E-state index in [2.05, 4.69) is 26.6 Å². The van der Waals surface area contributed by atoms with Crippen LogP contribution in [0.3, 0.4) is 0 Å². The van der Waals surface area contributed by atoms with E-state index >= 15 is 0 Å². The van der Waals surface area contributed by atoms with Crippen molar-refractivity contribution in [3.05, 3.63) is 0 Å². The molecule has 5 heterocycles. The van der Waals surface area contributed by atoms with Crippen LogP contribution >= 0.6 is 0 Å². The number of hydrogen-bond acceptors (Lipinski definition) is 7. The molecular formula is C29H55N5O2. The fourth-order valence-electron chi connectivity index (χ4n) is 8.91. The third-order valence-corrected chi connectivity index (χ3v) is 10.6. The van der Waals surface area contributed by atoms with Crippen LogP contribution in [0.1, 0.15) is 96.3 Å². The summed E-state index contributed by atoms with van der Waals surface area (Å²) < 4.78 is 13.6. The van der Waals surface area contributed by atoms with Crippen LogP contribution in [-0.4, -0.2) is 87.9 Å². The van der Waals surface area contributed by atoms with E-state index in [1.54, 1.807) is 0 Å². The van der Waals surface area contributed by atoms with Crippen molar-refractivity contribution in [3.8, 4) is 0 Å². The van der Waals surface area contributed by atoms with E-state index in [0.29, 0.717) is 36.3 Å². The van der Waals surface area contributed by atoms with Crippen molar-refractivity contribution in [1.82, 2.24) is 26.6 Å². The minimum atomic E-state index is -0.237. The average molecular weight is 506 g/mol. The van der Waals surface area contributed by atoms with Gasteiger partial charge in [0.2, 0.25) is 0 Å². The van der Waals surface area contributed by atoms with Crippen LogP contribution in [-0.2, 0) is 9.47 Å². The highest BCUT2D eigenvalue weighted by molar-refractivity contribution is 5.17. The summed E-state index contributed by atoms with van der Waals surface area (Å²) in [4.78, 5) is 0. The number of ether oxygens (including phenoxy) is 2. The third kappa shape index (κ3) is 5.15. The van der Waals surface area contributed by atoms with Crippen LogP contribution in [0, 0.1) is 0 Å². The maximum atomic E-state index is 6.78. The quantitative estimate of drug-likeness (QED) is 0.347. The molecule has 5 aliphatic rings. The molecule has 36 heavy (non-hydrogen) atoms. The Hall–Kier alpha value is -0.280. The number of methoxy groups -OCH3 is 2. The van der Waals surface area contributed by atoms with E-state index < -0.39 is 0 Å². The molecule has 5 N–H and O–H groups in total. The highest BCUT2D eigenvalue weighted by Gasteiger charge is 2.58. The summed E-state index contributed by atoms with van der Waals surface area (Å²) in [5, 5.41) is 20.1. The first-order valence-electron chi connectivity index (χ1n) is 15.6. The van der Waals surface area contributed by atoms with Gasteiger partial charge in [-0.3, -0.25) is 0 Å². The van der Waals surface area contributed by atoms with Gasteiger partial charge in [0, 0.05) is 50.5 Å². The number of piperidine rings is 5. The Balaban J connectivity index is 1.47. The molecule has 6 atom stereocenters. The minimum absolute atomic E-state index is 0.237. The van der Waals surface area contributed by atoms with Crippen LogP contribution < -0.4 is 26.6 Å². The highest BCUT2D eigenvalue weighted by Crippen LogP contribution is 2.41. The second-order valence-electron chi connectivity index (χ2n) is 12.3. The van der Waals surface area contributed by atoms with E-state index in [0.717, 1.165) is 26.2 Å². The Morgan fingerprint density at radius 2 is 0.722 bits per heavy atom. The number of nitrogens with one attached hydrogen (secondary N) is 5. The Morgan fingerprint density at radius 3 is 0.972 bits per heavy atom. The van der Waals surface area contributed by atoms with Crippen molar-refractivity contribution < 1.29 is 9.47 Å². The smallest absolute Gasteiger partial charge is 0.113 e. The molecule has 208 valence electrons. The summed E-state index contributed by atoms with van der Waals surface area (Å²) in [6.45, 7) is 4.44. The zero-order valence-electron chi connectivity index (χ0n) is 23.2. The van der Waals surface area contributed by atoms with Crippen LogP contribution in [0.2, 0.25) is 0 Å². The molecule has 7 nitrogen and oxygen atoms in total. The van der Waals surface area contributed by atoms with E-state index in [4.69, 9.17) is 9.47 Å². The fraction of sp³-hybridized carbons (Fsp3) is 1.00. The second kappa shape index (κ2) is 12.7. The molecule has 6 unspecified atom stereocenters. The molecule has 0 spiro atoms. The van der Waals surface area contributed by atoms with Gasteiger partial charge in [0.15, 0.2) is 0 Å². The van der Waals surface area contributed by atoms with Gasteiger partial charge >= 0.3 is 0 Å². The molecule has 5 saturated heterocycles. The van der Waals surface area contributed by atoms with Gasteiger partial charge in [-0.1, -0.05) is 32.1 Å². The van der Waals surface area contributed by atoms with E-state index in [1.165, 1.54) is 96.3 Å². The molecule has 0 aromatic rings. The van der Waals surface area contributed by atoms with Crippen molar-refractivity contribution in [2.75, 3.05) is 40.4 Å². The maximum Gasteiger partial charge on any atom is 0.113 e. The first-order valence-corrected chi connectivity index (χ1v) is 15.6. The topological polar surface area (TPSA) is 78.6 Å². The maximum absolute atomic E-state index is 6.78. The Labute approximate surface area is 220 Å². The van der Waals surface area contributed by atoms with E-state index in [1.807, 2.05) is 14.2 Å². The molecule has 0 radical (unpaired) electrons. The summed E-state index contributed by atoms with van der Waals surface area (Å²) in [5.41, 5.74) is -0.474. The summed E-state index contributed by atoms with van der Waals surface area (Å²) in [6, 6.07) is 2.19. The van der Waals surface area contributed by atoms with Crippen LogP contribution in [0.15, 0.2) is 0 Å². The average Bonchev–Trinajstić information content (AvgIpc) is 2.97. The second-order valence-corrected chi connectivity index (χ2v) is 12.3. The summed E-state index contributed by atoms with van der Waals surface area (Å²) in [7, 11) is 3.99. The summed E-state index contributed by atoms with van der Waals surface area (Å²) in [6.07, 6.45) is 18.7. The Kier molecular flexibility index (Phi) is 9.64. The molecule has 0 saturated carbocycles. The zero-order valence-corrected chi connectivity index (χ0v) is 23.2. The van der Waals surface area contributed by atoms with Crippen LogP contribution in [0.4, 0.5) is 0 Å². The molecule has 7 heteroatoms. The lowest BCUT2D eigenvalue weighted by molar-refractivity contribution is -0.144. The van der Waals surface area contributed by atoms with Gasteiger partial charge in [-0.2, -0.15) is 0 Å². The first-order chi connectivity index (χ1) is 17.8. The van der Waals surface area contributed by atoms with Crippen molar-refractivity contribution in [2.45, 2.75) is 144 Å². The van der Waals surface area contributed by atoms with E-state index in [-0.39, 0.29) is 11.2 Å². The molecule has 0 aliphatic carbocycles. The molecule has 5 fully saturated rings. The standard InChI is InChI=1S/C29H55N5O2/c1-35-28(22-12-3-7-18-30-22,23-13-4-8-19-31-23)26-16-11-17-27(34-26)29(36-2,24-14-5-9-20-32-24)25-15-6-10-21-33-25/h22-27,30-34H,3-21H2,1-2H3. The summed E-state index contributed by atoms with van der Waals surface area (Å²) in [5.74, 6) is 0. The van der Waals surface area contributed by atoms with Gasteiger partial charge in [-0.15, -0.1) is 0 Å². The van der Waals surface area contributed by atoms with Crippen molar-refractivity contribution in [1.29, 1.82) is 0 Å². The van der Waals surface area contributed by atoms with Gasteiger partial charge in [0.05, 0.1) is 0 Å². The Morgan fingerprint density at radius 1 is 0.417 bits per heavy atom. The predicted octanol–water partition coefficient (Wildman–Crippen LogP) is 2.84. The molecule has 5 rings (SSSR count). The fourth-order valence-corrected chi connectivity index (χ4v) is 8.91. The van der Waals surface area contributed by atoms with Gasteiger partial charge in [-0.05, 0) is 90.4 Å². The van der Waals surface area contributed by atoms with Gasteiger partial charge in [0.25, 0.3) is 0 Å². The first kappa shape index (κ1) is 27.3. The molecule has 0 bridgehead atoms. The lowest BCUT2D eigenvalue weighted by atomic mass is 9.67. The Bertz CT molecular complexity index is 564. The summed E-state index contributed by atoms with van der Waals surface area (Å²) >= 11 is 0. The van der Waals surface area contributed by atoms with Gasteiger partial charge < -0.3 is 36.1 Å². The molecule has 0 aromatic carbocycles. The third-order valence-electron chi connectivity index (χ3n) is 10.6. The van der Waals surface area contributed by atoms with Crippen molar-refractivity contribution in [2.24, 2.45) is 0 Å². The van der Waals surface area contributed by atoms with E-state index in [9.17, 15) is 0 Å². The minimum Gasteiger partial charge on any atom is -0.373 e. The lowest BCUT2D eigenvalue weighted by Crippen LogP contribution is -2.78. The van der Waals surface area contributed by atoms with Crippen molar-refractivity contribution in [3.63, 3.8) is 0 Å². The zero-order chi connectivity index (χ0) is 24.8. The molecule has 0 aromatic heterocycles. The normalized spacial score (nSPS) is 40.2. The van der Waals surface area contributed by atoms with Crippen molar-refractivity contribution >= 4 is 0 Å². The molecule has 0 amide bonds. The van der Waals surface area contributed by atoms with Gasteiger partial charge in [-0.25, -0.2) is 0 Å². The number of hydrogen-bond donors (Lipinski definition) is 5. The molecule has 5 aliphatic heterocycles. The van der Waals surface area contributed by atoms with Gasteiger partial charge in [0.1, 0.15) is 11.2 Å². The highest BCUT2D eigenvalue weighted by atomic mass is 16.5. The number of rotatable bonds is 8. The largest absolute Gasteiger partial charge is 0.373 e. The predicted molar refractivity (Wildman–Crippen MR) is 147 cm³/mol. The molecular weight excluding hydrogens is 450 g/mol. The van der Waals surface area contributed by atoms with Crippen LogP contribution in [0.5, 0.6) is 0 Å².